The van der Waals surface area contributed by atoms with Crippen molar-refractivity contribution in [1.29, 1.82) is 0 Å². The first-order chi connectivity index (χ1) is 15.5. The lowest BCUT2D eigenvalue weighted by atomic mass is 9.98. The number of methoxy groups -OCH3 is 1. The molecule has 1 fully saturated rings. The fraction of sp³-hybridized carbons (Fsp3) is 0.320. The molecule has 1 amide bonds. The van der Waals surface area contributed by atoms with Crippen LogP contribution < -0.4 is 10.1 Å². The van der Waals surface area contributed by atoms with Crippen LogP contribution in [0.1, 0.15) is 24.0 Å². The van der Waals surface area contributed by atoms with E-state index >= 15 is 0 Å². The first-order valence-electron chi connectivity index (χ1n) is 11.0. The number of amides is 1. The van der Waals surface area contributed by atoms with E-state index in [1.807, 2.05) is 18.2 Å². The van der Waals surface area contributed by atoms with Gasteiger partial charge in [-0.25, -0.2) is 8.42 Å². The minimum absolute atomic E-state index is 0.127. The van der Waals surface area contributed by atoms with Crippen LogP contribution in [-0.2, 0) is 27.7 Å². The van der Waals surface area contributed by atoms with E-state index in [1.165, 1.54) is 20.8 Å². The maximum absolute atomic E-state index is 13.1. The molecule has 166 valence electrons. The normalized spacial score (nSPS) is 18.6. The molecule has 0 radical (unpaired) electrons. The van der Waals surface area contributed by atoms with Crippen molar-refractivity contribution in [3.05, 3.63) is 65.7 Å². The molecule has 1 heterocycles. The summed E-state index contributed by atoms with van der Waals surface area (Å²) in [4.78, 5) is 13.4. The zero-order chi connectivity index (χ0) is 22.3. The third-order valence-electron chi connectivity index (χ3n) is 6.59. The fourth-order valence-electron chi connectivity index (χ4n) is 4.86. The van der Waals surface area contributed by atoms with Crippen molar-refractivity contribution < 1.29 is 17.9 Å². The summed E-state index contributed by atoms with van der Waals surface area (Å²) >= 11 is 0. The Morgan fingerprint density at radius 2 is 1.78 bits per heavy atom. The van der Waals surface area contributed by atoms with Gasteiger partial charge in [0, 0.05) is 24.2 Å². The molecule has 3 aromatic carbocycles. The van der Waals surface area contributed by atoms with Gasteiger partial charge >= 0.3 is 0 Å². The molecule has 1 N–H and O–H groups in total. The highest BCUT2D eigenvalue weighted by molar-refractivity contribution is 7.89. The highest BCUT2D eigenvalue weighted by atomic mass is 32.2. The van der Waals surface area contributed by atoms with Gasteiger partial charge in [0.1, 0.15) is 5.75 Å². The molecule has 6 nitrogen and oxygen atoms in total. The monoisotopic (exact) mass is 450 g/mol. The number of piperidine rings is 1. The van der Waals surface area contributed by atoms with Gasteiger partial charge in [-0.05, 0) is 72.5 Å². The molecule has 1 atom stereocenters. The summed E-state index contributed by atoms with van der Waals surface area (Å²) in [6.07, 6.45) is 3.38. The lowest BCUT2D eigenvalue weighted by Crippen LogP contribution is -2.43. The predicted octanol–water partition coefficient (Wildman–Crippen LogP) is 3.99. The molecule has 0 spiro atoms. The standard InChI is InChI=1S/C25H26N2O4S/c1-31-20-10-12-21(13-11-20)32(29,30)27-15-3-5-19(16-27)25(28)26-23-14-9-18-8-7-17-4-2-6-22(23)24(17)18/h2,4,6,9-14,19H,3,5,7-8,15-16H2,1H3,(H,26,28)/t19-/m0/s1. The Morgan fingerprint density at radius 3 is 2.53 bits per heavy atom. The molecule has 0 bridgehead atoms. The quantitative estimate of drug-likeness (QED) is 0.638. The van der Waals surface area contributed by atoms with E-state index in [0.717, 1.165) is 23.9 Å². The molecule has 5 rings (SSSR count). The summed E-state index contributed by atoms with van der Waals surface area (Å²) in [7, 11) is -2.13. The second-order valence-electron chi connectivity index (χ2n) is 8.48. The van der Waals surface area contributed by atoms with Crippen LogP contribution in [0.5, 0.6) is 5.75 Å². The second kappa shape index (κ2) is 8.22. The van der Waals surface area contributed by atoms with Crippen LogP contribution in [0.3, 0.4) is 0 Å². The molecule has 1 saturated heterocycles. The number of hydrogen-bond acceptors (Lipinski definition) is 4. The van der Waals surface area contributed by atoms with Crippen LogP contribution >= 0.6 is 0 Å². The predicted molar refractivity (Wildman–Crippen MR) is 124 cm³/mol. The Morgan fingerprint density at radius 1 is 1.03 bits per heavy atom. The molecular formula is C25H26N2O4S. The summed E-state index contributed by atoms with van der Waals surface area (Å²) in [5.74, 6) is 0.0864. The zero-order valence-corrected chi connectivity index (χ0v) is 18.8. The number of nitrogens with zero attached hydrogens (tertiary/aromatic N) is 1. The van der Waals surface area contributed by atoms with E-state index in [0.29, 0.717) is 25.1 Å². The van der Waals surface area contributed by atoms with Crippen LogP contribution in [0.15, 0.2) is 59.5 Å². The van der Waals surface area contributed by atoms with Crippen molar-refractivity contribution in [2.45, 2.75) is 30.6 Å². The average molecular weight is 451 g/mol. The Kier molecular flexibility index (Phi) is 5.39. The summed E-state index contributed by atoms with van der Waals surface area (Å²) in [6, 6.07) is 16.7. The molecule has 0 aromatic heterocycles. The molecule has 0 saturated carbocycles. The molecule has 0 unspecified atom stereocenters. The molecule has 1 aliphatic heterocycles. The number of ether oxygens (including phenoxy) is 1. The summed E-state index contributed by atoms with van der Waals surface area (Å²) < 4.78 is 32.8. The largest absolute Gasteiger partial charge is 0.497 e. The van der Waals surface area contributed by atoms with E-state index in [9.17, 15) is 13.2 Å². The maximum atomic E-state index is 13.1. The smallest absolute Gasteiger partial charge is 0.243 e. The van der Waals surface area contributed by atoms with E-state index in [1.54, 1.807) is 31.4 Å². The topological polar surface area (TPSA) is 75.7 Å². The molecular weight excluding hydrogens is 424 g/mol. The van der Waals surface area contributed by atoms with E-state index in [2.05, 4.69) is 17.4 Å². The van der Waals surface area contributed by atoms with E-state index < -0.39 is 10.0 Å². The summed E-state index contributed by atoms with van der Waals surface area (Å²) in [6.45, 7) is 0.598. The van der Waals surface area contributed by atoms with Crippen LogP contribution in [0.4, 0.5) is 5.69 Å². The second-order valence-corrected chi connectivity index (χ2v) is 10.4. The number of benzene rings is 3. The maximum Gasteiger partial charge on any atom is 0.243 e. The number of rotatable bonds is 5. The average Bonchev–Trinajstić information content (AvgIpc) is 3.25. The van der Waals surface area contributed by atoms with Gasteiger partial charge in [-0.15, -0.1) is 0 Å². The van der Waals surface area contributed by atoms with Crippen molar-refractivity contribution in [3.8, 4) is 5.75 Å². The van der Waals surface area contributed by atoms with E-state index in [-0.39, 0.29) is 23.3 Å². The molecule has 1 aliphatic carbocycles. The highest BCUT2D eigenvalue weighted by Gasteiger charge is 2.33. The van der Waals surface area contributed by atoms with Gasteiger partial charge in [0.05, 0.1) is 17.9 Å². The van der Waals surface area contributed by atoms with Gasteiger partial charge in [-0.1, -0.05) is 24.3 Å². The molecule has 7 heteroatoms. The third-order valence-corrected chi connectivity index (χ3v) is 8.47. The lowest BCUT2D eigenvalue weighted by Gasteiger charge is -2.31. The molecule has 32 heavy (non-hydrogen) atoms. The Bertz CT molecular complexity index is 1280. The highest BCUT2D eigenvalue weighted by Crippen LogP contribution is 2.35. The van der Waals surface area contributed by atoms with Gasteiger partial charge in [0.15, 0.2) is 0 Å². The minimum atomic E-state index is -3.67. The van der Waals surface area contributed by atoms with Crippen LogP contribution in [0, 0.1) is 5.92 Å². The van der Waals surface area contributed by atoms with E-state index in [4.69, 9.17) is 4.74 Å². The van der Waals surface area contributed by atoms with Gasteiger partial charge in [0.2, 0.25) is 15.9 Å². The number of carbonyl (C=O) groups is 1. The van der Waals surface area contributed by atoms with Crippen molar-refractivity contribution >= 4 is 32.4 Å². The summed E-state index contributed by atoms with van der Waals surface area (Å²) in [5, 5.41) is 5.39. The van der Waals surface area contributed by atoms with Crippen molar-refractivity contribution in [2.75, 3.05) is 25.5 Å². The van der Waals surface area contributed by atoms with Crippen molar-refractivity contribution in [1.82, 2.24) is 4.31 Å². The zero-order valence-electron chi connectivity index (χ0n) is 18.0. The van der Waals surface area contributed by atoms with Gasteiger partial charge < -0.3 is 10.1 Å². The Labute approximate surface area is 188 Å². The number of aryl methyl sites for hydroxylation is 2. The van der Waals surface area contributed by atoms with Crippen LogP contribution in [-0.4, -0.2) is 38.8 Å². The van der Waals surface area contributed by atoms with Crippen LogP contribution in [0.25, 0.3) is 10.8 Å². The molecule has 3 aromatic rings. The van der Waals surface area contributed by atoms with Gasteiger partial charge in [0.25, 0.3) is 0 Å². The number of nitrogens with one attached hydrogen (secondary N) is 1. The minimum Gasteiger partial charge on any atom is -0.497 e. The van der Waals surface area contributed by atoms with Crippen molar-refractivity contribution in [2.24, 2.45) is 5.92 Å². The number of carbonyl (C=O) groups excluding carboxylic acids is 1. The lowest BCUT2D eigenvalue weighted by molar-refractivity contribution is -0.120. The third kappa shape index (κ3) is 3.65. The number of sulfonamides is 1. The summed E-state index contributed by atoms with van der Waals surface area (Å²) in [5.41, 5.74) is 3.44. The SMILES string of the molecule is COc1ccc(S(=O)(=O)N2CCC[C@H](C(=O)Nc3ccc4c5c(cccc35)CC4)C2)cc1. The molecule has 2 aliphatic rings. The number of hydrogen-bond donors (Lipinski definition) is 1. The van der Waals surface area contributed by atoms with Gasteiger partial charge in [-0.2, -0.15) is 4.31 Å². The fourth-order valence-corrected chi connectivity index (χ4v) is 6.39. The Balaban J connectivity index is 1.35. The van der Waals surface area contributed by atoms with Gasteiger partial charge in [-0.3, -0.25) is 4.79 Å². The Hall–Kier alpha value is -2.90. The first kappa shape index (κ1) is 21.0. The number of anilines is 1. The van der Waals surface area contributed by atoms with Crippen LogP contribution in [0.2, 0.25) is 0 Å². The first-order valence-corrected chi connectivity index (χ1v) is 12.4. The van der Waals surface area contributed by atoms with Crippen molar-refractivity contribution in [3.63, 3.8) is 0 Å².